The minimum absolute atomic E-state index is 0.247. The van der Waals surface area contributed by atoms with Gasteiger partial charge in [0.15, 0.2) is 17.4 Å². The molecular weight excluding hydrogens is 264 g/mol. The SMILES string of the molecule is COc1ccc(N2N=C(C)C(C(=O)O)C2=O)cc1OC. The maximum atomic E-state index is 12.1. The predicted molar refractivity (Wildman–Crippen MR) is 71.3 cm³/mol. The van der Waals surface area contributed by atoms with Gasteiger partial charge in [-0.2, -0.15) is 10.1 Å². The summed E-state index contributed by atoms with van der Waals surface area (Å²) in [5.74, 6) is -2.09. The number of hydrogen-bond donors (Lipinski definition) is 1. The van der Waals surface area contributed by atoms with Crippen LogP contribution in [0.1, 0.15) is 6.92 Å². The Balaban J connectivity index is 2.38. The maximum Gasteiger partial charge on any atom is 0.322 e. The highest BCUT2D eigenvalue weighted by Gasteiger charge is 2.39. The first-order valence-corrected chi connectivity index (χ1v) is 5.83. The van der Waals surface area contributed by atoms with Gasteiger partial charge in [-0.1, -0.05) is 0 Å². The average Bonchev–Trinajstić information content (AvgIpc) is 2.73. The van der Waals surface area contributed by atoms with Crippen molar-refractivity contribution >= 4 is 23.3 Å². The molecule has 106 valence electrons. The van der Waals surface area contributed by atoms with E-state index in [2.05, 4.69) is 5.10 Å². The summed E-state index contributed by atoms with van der Waals surface area (Å²) in [5.41, 5.74) is 0.674. The lowest BCUT2D eigenvalue weighted by molar-refractivity contribution is -0.142. The molecule has 1 heterocycles. The zero-order valence-electron chi connectivity index (χ0n) is 11.3. The summed E-state index contributed by atoms with van der Waals surface area (Å²) < 4.78 is 10.2. The number of anilines is 1. The Morgan fingerprint density at radius 1 is 1.30 bits per heavy atom. The van der Waals surface area contributed by atoms with Crippen LogP contribution in [-0.4, -0.2) is 36.9 Å². The van der Waals surface area contributed by atoms with Crippen molar-refractivity contribution < 1.29 is 24.2 Å². The molecule has 7 heteroatoms. The molecule has 1 amide bonds. The fraction of sp³-hybridized carbons (Fsp3) is 0.308. The van der Waals surface area contributed by atoms with E-state index in [1.54, 1.807) is 18.2 Å². The van der Waals surface area contributed by atoms with E-state index in [0.717, 1.165) is 5.01 Å². The number of aliphatic carboxylic acids is 1. The highest BCUT2D eigenvalue weighted by atomic mass is 16.5. The number of benzene rings is 1. The Bertz CT molecular complexity index is 596. The second kappa shape index (κ2) is 5.20. The highest BCUT2D eigenvalue weighted by molar-refractivity contribution is 6.25. The van der Waals surface area contributed by atoms with Crippen molar-refractivity contribution in [3.05, 3.63) is 18.2 Å². The van der Waals surface area contributed by atoms with E-state index in [-0.39, 0.29) is 5.71 Å². The molecule has 20 heavy (non-hydrogen) atoms. The van der Waals surface area contributed by atoms with Crippen molar-refractivity contribution in [2.45, 2.75) is 6.92 Å². The topological polar surface area (TPSA) is 88.4 Å². The van der Waals surface area contributed by atoms with Crippen LogP contribution in [0.25, 0.3) is 0 Å². The molecule has 1 aliphatic heterocycles. The first-order valence-electron chi connectivity index (χ1n) is 5.83. The summed E-state index contributed by atoms with van der Waals surface area (Å²) in [4.78, 5) is 23.1. The van der Waals surface area contributed by atoms with E-state index in [1.807, 2.05) is 0 Å². The molecule has 0 saturated carbocycles. The molecule has 0 radical (unpaired) electrons. The van der Waals surface area contributed by atoms with Crippen LogP contribution in [0, 0.1) is 5.92 Å². The van der Waals surface area contributed by atoms with Crippen LogP contribution < -0.4 is 14.5 Å². The number of ether oxygens (including phenoxy) is 2. The summed E-state index contributed by atoms with van der Waals surface area (Å²) in [7, 11) is 2.98. The number of amides is 1. The molecule has 0 saturated heterocycles. The fourth-order valence-corrected chi connectivity index (χ4v) is 1.99. The number of carboxylic acid groups (broad SMARTS) is 1. The maximum absolute atomic E-state index is 12.1. The third kappa shape index (κ3) is 2.18. The molecule has 1 aromatic rings. The molecule has 7 nitrogen and oxygen atoms in total. The van der Waals surface area contributed by atoms with Gasteiger partial charge in [-0.15, -0.1) is 0 Å². The largest absolute Gasteiger partial charge is 0.493 e. The number of hydrogen-bond acceptors (Lipinski definition) is 5. The normalized spacial score (nSPS) is 17.9. The van der Waals surface area contributed by atoms with Crippen molar-refractivity contribution in [3.63, 3.8) is 0 Å². The molecule has 0 aromatic heterocycles. The average molecular weight is 278 g/mol. The molecule has 1 aliphatic rings. The van der Waals surface area contributed by atoms with Gasteiger partial charge in [0.1, 0.15) is 0 Å². The van der Waals surface area contributed by atoms with Gasteiger partial charge in [0.05, 0.1) is 25.6 Å². The van der Waals surface area contributed by atoms with Crippen LogP contribution in [0.5, 0.6) is 11.5 Å². The van der Waals surface area contributed by atoms with Gasteiger partial charge in [0.25, 0.3) is 5.91 Å². The lowest BCUT2D eigenvalue weighted by Crippen LogP contribution is -2.32. The lowest BCUT2D eigenvalue weighted by atomic mass is 10.1. The number of carboxylic acids is 1. The van der Waals surface area contributed by atoms with Gasteiger partial charge in [-0.3, -0.25) is 9.59 Å². The molecule has 2 rings (SSSR count). The predicted octanol–water partition coefficient (Wildman–Crippen LogP) is 1.13. The zero-order chi connectivity index (χ0) is 14.9. The van der Waals surface area contributed by atoms with E-state index in [4.69, 9.17) is 14.6 Å². The fourth-order valence-electron chi connectivity index (χ4n) is 1.99. The van der Waals surface area contributed by atoms with Crippen molar-refractivity contribution in [3.8, 4) is 11.5 Å². The van der Waals surface area contributed by atoms with Crippen molar-refractivity contribution in [2.75, 3.05) is 19.2 Å². The first-order chi connectivity index (χ1) is 9.49. The monoisotopic (exact) mass is 278 g/mol. The number of hydrazone groups is 1. The van der Waals surface area contributed by atoms with E-state index < -0.39 is 17.8 Å². The zero-order valence-corrected chi connectivity index (χ0v) is 11.3. The molecule has 1 atom stereocenters. The highest BCUT2D eigenvalue weighted by Crippen LogP contribution is 2.33. The number of rotatable bonds is 4. The molecule has 0 aliphatic carbocycles. The van der Waals surface area contributed by atoms with E-state index in [0.29, 0.717) is 17.2 Å². The first kappa shape index (κ1) is 13.9. The molecular formula is C13H14N2O5. The number of carbonyl (C=O) groups excluding carboxylic acids is 1. The second-order valence-corrected chi connectivity index (χ2v) is 4.20. The van der Waals surface area contributed by atoms with Gasteiger partial charge in [-0.25, -0.2) is 0 Å². The van der Waals surface area contributed by atoms with E-state index in [9.17, 15) is 9.59 Å². The van der Waals surface area contributed by atoms with Crippen molar-refractivity contribution in [2.24, 2.45) is 11.0 Å². The van der Waals surface area contributed by atoms with E-state index >= 15 is 0 Å². The molecule has 1 aromatic carbocycles. The molecule has 1 unspecified atom stereocenters. The summed E-state index contributed by atoms with van der Waals surface area (Å²) >= 11 is 0. The van der Waals surface area contributed by atoms with Crippen LogP contribution >= 0.6 is 0 Å². The number of methoxy groups -OCH3 is 2. The summed E-state index contributed by atoms with van der Waals surface area (Å²) in [6, 6.07) is 4.80. The summed E-state index contributed by atoms with van der Waals surface area (Å²) in [5, 5.41) is 14.1. The minimum Gasteiger partial charge on any atom is -0.493 e. The summed E-state index contributed by atoms with van der Waals surface area (Å²) in [6.07, 6.45) is 0. The minimum atomic E-state index is -1.23. The van der Waals surface area contributed by atoms with Gasteiger partial charge in [0.2, 0.25) is 0 Å². The standard InChI is InChI=1S/C13H14N2O5/c1-7-11(13(17)18)12(16)15(14-7)8-4-5-9(19-2)10(6-8)20-3/h4-6,11H,1-3H3,(H,17,18). The smallest absolute Gasteiger partial charge is 0.322 e. The molecule has 1 N–H and O–H groups in total. The van der Waals surface area contributed by atoms with Crippen LogP contribution in [-0.2, 0) is 9.59 Å². The Labute approximate surface area is 115 Å². The number of carbonyl (C=O) groups is 2. The van der Waals surface area contributed by atoms with Gasteiger partial charge >= 0.3 is 5.97 Å². The quantitative estimate of drug-likeness (QED) is 0.834. The van der Waals surface area contributed by atoms with Crippen LogP contribution in [0.15, 0.2) is 23.3 Å². The van der Waals surface area contributed by atoms with Crippen LogP contribution in [0.2, 0.25) is 0 Å². The Kier molecular flexibility index (Phi) is 3.60. The Hall–Kier alpha value is -2.57. The molecule has 0 fully saturated rings. The summed E-state index contributed by atoms with van der Waals surface area (Å²) in [6.45, 7) is 1.51. The Morgan fingerprint density at radius 3 is 2.45 bits per heavy atom. The van der Waals surface area contributed by atoms with Gasteiger partial charge in [0, 0.05) is 6.07 Å². The molecule has 0 bridgehead atoms. The lowest BCUT2D eigenvalue weighted by Gasteiger charge is -2.15. The van der Waals surface area contributed by atoms with Crippen molar-refractivity contribution in [1.82, 2.24) is 0 Å². The van der Waals surface area contributed by atoms with Crippen LogP contribution in [0.3, 0.4) is 0 Å². The third-order valence-corrected chi connectivity index (χ3v) is 2.99. The van der Waals surface area contributed by atoms with Gasteiger partial charge in [-0.05, 0) is 19.1 Å². The molecule has 0 spiro atoms. The Morgan fingerprint density at radius 2 is 1.95 bits per heavy atom. The van der Waals surface area contributed by atoms with Crippen molar-refractivity contribution in [1.29, 1.82) is 0 Å². The van der Waals surface area contributed by atoms with Gasteiger partial charge < -0.3 is 14.6 Å². The van der Waals surface area contributed by atoms with Crippen LogP contribution in [0.4, 0.5) is 5.69 Å². The van der Waals surface area contributed by atoms with E-state index in [1.165, 1.54) is 21.1 Å². The number of nitrogens with zero attached hydrogens (tertiary/aromatic N) is 2. The third-order valence-electron chi connectivity index (χ3n) is 2.99. The second-order valence-electron chi connectivity index (χ2n) is 4.20.